The molecule has 1 aliphatic carbocycles. The van der Waals surface area contributed by atoms with Gasteiger partial charge < -0.3 is 10.4 Å². The summed E-state index contributed by atoms with van der Waals surface area (Å²) in [5.41, 5.74) is 1.11. The fourth-order valence-corrected chi connectivity index (χ4v) is 2.42. The van der Waals surface area contributed by atoms with Crippen molar-refractivity contribution in [2.45, 2.75) is 39.3 Å². The molecule has 0 aliphatic heterocycles. The highest BCUT2D eigenvalue weighted by Gasteiger charge is 2.48. The van der Waals surface area contributed by atoms with E-state index in [1.54, 1.807) is 6.07 Å². The number of aliphatic hydroxyl groups is 1. The van der Waals surface area contributed by atoms with Crippen molar-refractivity contribution in [3.05, 3.63) is 34.3 Å². The van der Waals surface area contributed by atoms with E-state index in [4.69, 9.17) is 11.6 Å². The largest absolute Gasteiger partial charge is 0.392 e. The van der Waals surface area contributed by atoms with Gasteiger partial charge in [-0.1, -0.05) is 37.6 Å². The van der Waals surface area contributed by atoms with Crippen LogP contribution in [0.5, 0.6) is 0 Å². The summed E-state index contributed by atoms with van der Waals surface area (Å²) in [5, 5.41) is 13.1. The van der Waals surface area contributed by atoms with Gasteiger partial charge in [-0.05, 0) is 25.0 Å². The predicted octanol–water partition coefficient (Wildman–Crippen LogP) is 2.54. The molecule has 0 aromatic heterocycles. The Bertz CT molecular complexity index is 485. The number of carbonyl (C=O) groups excluding carboxylic acids is 1. The van der Waals surface area contributed by atoms with Crippen LogP contribution in [0.3, 0.4) is 0 Å². The molecule has 1 aromatic rings. The summed E-state index contributed by atoms with van der Waals surface area (Å²) in [6, 6.07) is 5.40. The minimum atomic E-state index is -0.351. The second-order valence-corrected chi connectivity index (χ2v) is 5.91. The maximum Gasteiger partial charge on any atom is 0.253 e. The first-order valence-electron chi connectivity index (χ1n) is 6.08. The molecule has 0 heterocycles. The summed E-state index contributed by atoms with van der Waals surface area (Å²) in [5.74, 6) is -0.173. The lowest BCUT2D eigenvalue weighted by Gasteiger charge is -2.49. The molecule has 1 aromatic carbocycles. The third-order valence-corrected chi connectivity index (χ3v) is 4.46. The molecule has 18 heavy (non-hydrogen) atoms. The number of benzene rings is 1. The van der Waals surface area contributed by atoms with Crippen molar-refractivity contribution >= 4 is 17.5 Å². The topological polar surface area (TPSA) is 49.3 Å². The van der Waals surface area contributed by atoms with Crippen LogP contribution in [0.4, 0.5) is 0 Å². The maximum atomic E-state index is 12.1. The van der Waals surface area contributed by atoms with Gasteiger partial charge in [0.25, 0.3) is 5.91 Å². The van der Waals surface area contributed by atoms with E-state index in [2.05, 4.69) is 5.32 Å². The van der Waals surface area contributed by atoms with Crippen LogP contribution in [0.2, 0.25) is 5.02 Å². The molecule has 1 aliphatic rings. The van der Waals surface area contributed by atoms with E-state index in [1.165, 1.54) is 0 Å². The van der Waals surface area contributed by atoms with Crippen molar-refractivity contribution in [3.8, 4) is 0 Å². The van der Waals surface area contributed by atoms with Crippen molar-refractivity contribution in [1.82, 2.24) is 5.32 Å². The zero-order valence-electron chi connectivity index (χ0n) is 10.8. The SMILES string of the molecule is Cc1cccc(C(=O)NC2CC(O)C2(C)C)c1Cl. The Morgan fingerprint density at radius 1 is 1.50 bits per heavy atom. The zero-order chi connectivity index (χ0) is 13.5. The number of aliphatic hydroxyl groups excluding tert-OH is 1. The van der Waals surface area contributed by atoms with Crippen LogP contribution >= 0.6 is 11.6 Å². The fraction of sp³-hybridized carbons (Fsp3) is 0.500. The molecular formula is C14H18ClNO2. The molecule has 0 spiro atoms. The van der Waals surface area contributed by atoms with Crippen molar-refractivity contribution in [3.63, 3.8) is 0 Å². The normalized spacial score (nSPS) is 25.4. The fourth-order valence-electron chi connectivity index (χ4n) is 2.21. The first-order chi connectivity index (χ1) is 8.34. The van der Waals surface area contributed by atoms with Crippen molar-refractivity contribution in [2.75, 3.05) is 0 Å². The van der Waals surface area contributed by atoms with E-state index in [1.807, 2.05) is 32.9 Å². The number of amides is 1. The predicted molar refractivity (Wildman–Crippen MR) is 71.8 cm³/mol. The van der Waals surface area contributed by atoms with Gasteiger partial charge in [0.1, 0.15) is 0 Å². The molecule has 1 fully saturated rings. The number of nitrogens with one attached hydrogen (secondary N) is 1. The van der Waals surface area contributed by atoms with Crippen LogP contribution < -0.4 is 5.32 Å². The summed E-state index contributed by atoms with van der Waals surface area (Å²) in [6.45, 7) is 5.77. The molecule has 2 rings (SSSR count). The van der Waals surface area contributed by atoms with Gasteiger partial charge in [-0.2, -0.15) is 0 Å². The van der Waals surface area contributed by atoms with Crippen LogP contribution in [-0.4, -0.2) is 23.2 Å². The van der Waals surface area contributed by atoms with E-state index in [0.717, 1.165) is 5.56 Å². The third-order valence-electron chi connectivity index (χ3n) is 3.96. The first kappa shape index (κ1) is 13.4. The van der Waals surface area contributed by atoms with Crippen LogP contribution in [-0.2, 0) is 0 Å². The van der Waals surface area contributed by atoms with Gasteiger partial charge in [-0.25, -0.2) is 0 Å². The van der Waals surface area contributed by atoms with Gasteiger partial charge in [-0.15, -0.1) is 0 Å². The lowest BCUT2D eigenvalue weighted by molar-refractivity contribution is -0.0689. The second-order valence-electron chi connectivity index (χ2n) is 5.54. The molecule has 3 nitrogen and oxygen atoms in total. The van der Waals surface area contributed by atoms with Crippen molar-refractivity contribution in [1.29, 1.82) is 0 Å². The van der Waals surface area contributed by atoms with Gasteiger partial charge >= 0.3 is 0 Å². The molecule has 0 radical (unpaired) electrons. The van der Waals surface area contributed by atoms with E-state index in [0.29, 0.717) is 17.0 Å². The molecule has 2 unspecified atom stereocenters. The smallest absolute Gasteiger partial charge is 0.253 e. The Hall–Kier alpha value is -1.06. The van der Waals surface area contributed by atoms with Crippen LogP contribution in [0.1, 0.15) is 36.2 Å². The van der Waals surface area contributed by atoms with E-state index in [-0.39, 0.29) is 23.5 Å². The van der Waals surface area contributed by atoms with Crippen LogP contribution in [0, 0.1) is 12.3 Å². The molecule has 2 atom stereocenters. The number of carbonyl (C=O) groups is 1. The lowest BCUT2D eigenvalue weighted by atomic mass is 9.64. The molecule has 98 valence electrons. The Morgan fingerprint density at radius 2 is 2.17 bits per heavy atom. The summed E-state index contributed by atoms with van der Waals surface area (Å²) in [7, 11) is 0. The number of hydrogen-bond acceptors (Lipinski definition) is 2. The molecule has 1 saturated carbocycles. The van der Waals surface area contributed by atoms with E-state index < -0.39 is 0 Å². The van der Waals surface area contributed by atoms with Gasteiger partial charge in [0.15, 0.2) is 0 Å². The maximum absolute atomic E-state index is 12.1. The highest BCUT2D eigenvalue weighted by Crippen LogP contribution is 2.40. The Balaban J connectivity index is 2.12. The number of halogens is 1. The van der Waals surface area contributed by atoms with Crippen molar-refractivity contribution in [2.24, 2.45) is 5.41 Å². The van der Waals surface area contributed by atoms with E-state index in [9.17, 15) is 9.90 Å². The molecular weight excluding hydrogens is 250 g/mol. The monoisotopic (exact) mass is 267 g/mol. The highest BCUT2D eigenvalue weighted by molar-refractivity contribution is 6.34. The van der Waals surface area contributed by atoms with Crippen LogP contribution in [0.15, 0.2) is 18.2 Å². The quantitative estimate of drug-likeness (QED) is 0.865. The second kappa shape index (κ2) is 4.56. The average molecular weight is 268 g/mol. The molecule has 0 saturated heterocycles. The number of rotatable bonds is 2. The highest BCUT2D eigenvalue weighted by atomic mass is 35.5. The van der Waals surface area contributed by atoms with Gasteiger partial charge in [0, 0.05) is 11.5 Å². The Labute approximate surface area is 112 Å². The zero-order valence-corrected chi connectivity index (χ0v) is 11.6. The summed E-state index contributed by atoms with van der Waals surface area (Å²) < 4.78 is 0. The summed E-state index contributed by atoms with van der Waals surface area (Å²) >= 11 is 6.12. The van der Waals surface area contributed by atoms with Gasteiger partial charge in [0.2, 0.25) is 0 Å². The Kier molecular flexibility index (Phi) is 3.39. The summed E-state index contributed by atoms with van der Waals surface area (Å²) in [4.78, 5) is 12.1. The molecule has 2 N–H and O–H groups in total. The standard InChI is InChI=1S/C14H18ClNO2/c1-8-5-4-6-9(12(8)15)13(18)16-10-7-11(17)14(10,2)3/h4-6,10-11,17H,7H2,1-3H3,(H,16,18). The third kappa shape index (κ3) is 2.13. The van der Waals surface area contributed by atoms with Crippen LogP contribution in [0.25, 0.3) is 0 Å². The number of aryl methyl sites for hydroxylation is 1. The molecule has 1 amide bonds. The first-order valence-corrected chi connectivity index (χ1v) is 6.46. The minimum absolute atomic E-state index is 0.00317. The Morgan fingerprint density at radius 3 is 2.72 bits per heavy atom. The van der Waals surface area contributed by atoms with Crippen molar-refractivity contribution < 1.29 is 9.90 Å². The molecule has 0 bridgehead atoms. The molecule has 4 heteroatoms. The average Bonchev–Trinajstić information content (AvgIpc) is 2.32. The summed E-state index contributed by atoms with van der Waals surface area (Å²) in [6.07, 6.45) is 0.248. The van der Waals surface area contributed by atoms with E-state index >= 15 is 0 Å². The van der Waals surface area contributed by atoms with Gasteiger partial charge in [0.05, 0.1) is 16.7 Å². The lowest BCUT2D eigenvalue weighted by Crippen LogP contribution is -2.61. The van der Waals surface area contributed by atoms with Gasteiger partial charge in [-0.3, -0.25) is 4.79 Å². The number of hydrogen-bond donors (Lipinski definition) is 2. The minimum Gasteiger partial charge on any atom is -0.392 e.